The predicted octanol–water partition coefficient (Wildman–Crippen LogP) is 2.84. The number of aliphatic hydroxyl groups excluding tert-OH is 1. The molecular formula is C19H17F5N2O4S. The molecule has 1 saturated heterocycles. The third kappa shape index (κ3) is 4.70. The number of hydrogen-bond acceptors (Lipinski definition) is 4. The fraction of sp³-hybridized carbons (Fsp3) is 0.316. The number of sulfonamides is 1. The fourth-order valence-corrected chi connectivity index (χ4v) is 4.77. The van der Waals surface area contributed by atoms with Crippen LogP contribution in [0.3, 0.4) is 0 Å². The van der Waals surface area contributed by atoms with Crippen LogP contribution in [-0.2, 0) is 10.0 Å². The minimum Gasteiger partial charge on any atom is -0.393 e. The molecule has 31 heavy (non-hydrogen) atoms. The summed E-state index contributed by atoms with van der Waals surface area (Å²) in [6.07, 6.45) is -1.08. The lowest BCUT2D eigenvalue weighted by Crippen LogP contribution is -2.46. The van der Waals surface area contributed by atoms with E-state index in [2.05, 4.69) is 5.32 Å². The van der Waals surface area contributed by atoms with E-state index in [0.717, 1.165) is 22.5 Å². The van der Waals surface area contributed by atoms with Gasteiger partial charge in [-0.2, -0.15) is 4.31 Å². The van der Waals surface area contributed by atoms with Crippen LogP contribution in [0, 0.1) is 29.2 Å². The Morgan fingerprint density at radius 2 is 1.74 bits per heavy atom. The summed E-state index contributed by atoms with van der Waals surface area (Å²) in [5, 5.41) is 11.8. The van der Waals surface area contributed by atoms with Crippen LogP contribution < -0.4 is 5.32 Å². The summed E-state index contributed by atoms with van der Waals surface area (Å²) < 4.78 is 93.5. The quantitative estimate of drug-likeness (QED) is 0.527. The summed E-state index contributed by atoms with van der Waals surface area (Å²) in [5.74, 6) is -8.00. The number of benzene rings is 2. The van der Waals surface area contributed by atoms with Crippen LogP contribution in [-0.4, -0.2) is 49.6 Å². The first-order chi connectivity index (χ1) is 14.5. The van der Waals surface area contributed by atoms with Gasteiger partial charge in [-0.05, 0) is 24.6 Å². The van der Waals surface area contributed by atoms with Crippen LogP contribution in [0.2, 0.25) is 0 Å². The van der Waals surface area contributed by atoms with E-state index < -0.39 is 68.5 Å². The van der Waals surface area contributed by atoms with E-state index in [0.29, 0.717) is 12.1 Å². The summed E-state index contributed by atoms with van der Waals surface area (Å²) >= 11 is 0. The summed E-state index contributed by atoms with van der Waals surface area (Å²) in [6, 6.07) is 3.44. The van der Waals surface area contributed by atoms with Crippen molar-refractivity contribution in [3.05, 3.63) is 59.2 Å². The lowest BCUT2D eigenvalue weighted by atomic mass is 9.98. The van der Waals surface area contributed by atoms with Crippen molar-refractivity contribution >= 4 is 21.6 Å². The number of nitrogens with one attached hydrogen (secondary N) is 1. The molecule has 3 rings (SSSR count). The molecule has 1 aliphatic rings. The molecule has 2 aromatic rings. The maximum atomic E-state index is 14.3. The van der Waals surface area contributed by atoms with Gasteiger partial charge in [0, 0.05) is 42.4 Å². The Labute approximate surface area is 174 Å². The van der Waals surface area contributed by atoms with Gasteiger partial charge in [-0.3, -0.25) is 9.18 Å². The number of hydrogen-bond donors (Lipinski definition) is 2. The molecule has 0 aromatic heterocycles. The third-order valence-corrected chi connectivity index (χ3v) is 6.79. The molecule has 0 aliphatic carbocycles. The minimum atomic E-state index is -4.48. The van der Waals surface area contributed by atoms with E-state index in [1.165, 1.54) is 0 Å². The van der Waals surface area contributed by atoms with Crippen LogP contribution in [0.25, 0.3) is 0 Å². The number of halogens is 5. The standard InChI is InChI=1S/C19H17F5N2O4S/c20-8-11-9-26(4-3-16(11)27)31(29,30)17-5-10(1-2-13(17)21)19(28)25-12-6-14(22)18(24)15(23)7-12/h1-2,5-7,11,16,27H,3-4,8-9H2,(H,25,28). The number of carbonyl (C=O) groups excluding carboxylic acids is 1. The third-order valence-electron chi connectivity index (χ3n) is 4.91. The summed E-state index contributed by atoms with van der Waals surface area (Å²) in [7, 11) is -4.48. The van der Waals surface area contributed by atoms with E-state index in [4.69, 9.17) is 0 Å². The first kappa shape index (κ1) is 23.1. The molecule has 0 saturated carbocycles. The second kappa shape index (κ2) is 8.89. The second-order valence-corrected chi connectivity index (χ2v) is 8.89. The zero-order valence-corrected chi connectivity index (χ0v) is 16.6. The van der Waals surface area contributed by atoms with Crippen molar-refractivity contribution in [3.63, 3.8) is 0 Å². The number of carbonyl (C=O) groups is 1. The predicted molar refractivity (Wildman–Crippen MR) is 99.5 cm³/mol. The van der Waals surface area contributed by atoms with E-state index >= 15 is 0 Å². The molecule has 1 heterocycles. The molecule has 0 bridgehead atoms. The number of rotatable bonds is 5. The highest BCUT2D eigenvalue weighted by Gasteiger charge is 2.36. The van der Waals surface area contributed by atoms with Gasteiger partial charge in [0.25, 0.3) is 5.91 Å². The molecule has 1 fully saturated rings. The van der Waals surface area contributed by atoms with Gasteiger partial charge >= 0.3 is 0 Å². The highest BCUT2D eigenvalue weighted by atomic mass is 32.2. The average molecular weight is 464 g/mol. The van der Waals surface area contributed by atoms with E-state index in [-0.39, 0.29) is 25.1 Å². The van der Waals surface area contributed by atoms with Crippen LogP contribution in [0.4, 0.5) is 27.6 Å². The van der Waals surface area contributed by atoms with Gasteiger partial charge in [-0.25, -0.2) is 26.0 Å². The maximum Gasteiger partial charge on any atom is 0.255 e. The van der Waals surface area contributed by atoms with Gasteiger partial charge in [0.2, 0.25) is 10.0 Å². The Balaban J connectivity index is 1.88. The Morgan fingerprint density at radius 3 is 2.35 bits per heavy atom. The van der Waals surface area contributed by atoms with Crippen LogP contribution in [0.15, 0.2) is 35.2 Å². The number of anilines is 1. The molecule has 2 unspecified atom stereocenters. The SMILES string of the molecule is O=C(Nc1cc(F)c(F)c(F)c1)c1ccc(F)c(S(=O)(=O)N2CCC(O)C(CF)C2)c1. The van der Waals surface area contributed by atoms with Gasteiger partial charge in [0.1, 0.15) is 10.7 Å². The highest BCUT2D eigenvalue weighted by Crippen LogP contribution is 2.27. The number of nitrogens with zero attached hydrogens (tertiary/aromatic N) is 1. The Hall–Kier alpha value is -2.57. The molecule has 0 radical (unpaired) electrons. The topological polar surface area (TPSA) is 86.7 Å². The van der Waals surface area contributed by atoms with Crippen molar-refractivity contribution < 1.29 is 40.3 Å². The number of aliphatic hydroxyl groups is 1. The fourth-order valence-electron chi connectivity index (χ4n) is 3.17. The Morgan fingerprint density at radius 1 is 1.10 bits per heavy atom. The lowest BCUT2D eigenvalue weighted by molar-refractivity contribution is 0.0412. The number of piperidine rings is 1. The van der Waals surface area contributed by atoms with E-state index in [9.17, 15) is 40.3 Å². The average Bonchev–Trinajstić information content (AvgIpc) is 2.72. The van der Waals surface area contributed by atoms with Crippen molar-refractivity contribution in [3.8, 4) is 0 Å². The zero-order valence-electron chi connectivity index (χ0n) is 15.8. The van der Waals surface area contributed by atoms with Crippen molar-refractivity contribution in [1.29, 1.82) is 0 Å². The van der Waals surface area contributed by atoms with E-state index in [1.54, 1.807) is 0 Å². The highest BCUT2D eigenvalue weighted by molar-refractivity contribution is 7.89. The molecule has 2 aromatic carbocycles. The molecule has 168 valence electrons. The molecule has 0 spiro atoms. The van der Waals surface area contributed by atoms with Gasteiger partial charge in [-0.1, -0.05) is 0 Å². The van der Waals surface area contributed by atoms with Gasteiger partial charge in [0.05, 0.1) is 12.8 Å². The Kier molecular flexibility index (Phi) is 6.62. The molecule has 12 heteroatoms. The Bertz CT molecular complexity index is 1090. The van der Waals surface area contributed by atoms with Gasteiger partial charge in [0.15, 0.2) is 17.5 Å². The first-order valence-electron chi connectivity index (χ1n) is 9.04. The van der Waals surface area contributed by atoms with Crippen molar-refractivity contribution in [2.45, 2.75) is 17.4 Å². The van der Waals surface area contributed by atoms with Gasteiger partial charge in [-0.15, -0.1) is 0 Å². The molecular weight excluding hydrogens is 447 g/mol. The van der Waals surface area contributed by atoms with Crippen molar-refractivity contribution in [2.24, 2.45) is 5.92 Å². The first-order valence-corrected chi connectivity index (χ1v) is 10.5. The van der Waals surface area contributed by atoms with E-state index in [1.807, 2.05) is 0 Å². The van der Waals surface area contributed by atoms with Gasteiger partial charge < -0.3 is 10.4 Å². The molecule has 2 N–H and O–H groups in total. The van der Waals surface area contributed by atoms with Crippen molar-refractivity contribution in [1.82, 2.24) is 4.31 Å². The molecule has 1 amide bonds. The normalized spacial score (nSPS) is 19.9. The number of amides is 1. The summed E-state index contributed by atoms with van der Waals surface area (Å²) in [5.41, 5.74) is -0.796. The second-order valence-electron chi connectivity index (χ2n) is 6.99. The summed E-state index contributed by atoms with van der Waals surface area (Å²) in [4.78, 5) is 11.5. The molecule has 2 atom stereocenters. The van der Waals surface area contributed by atoms with Crippen LogP contribution in [0.5, 0.6) is 0 Å². The van der Waals surface area contributed by atoms with Crippen molar-refractivity contribution in [2.75, 3.05) is 25.1 Å². The van der Waals surface area contributed by atoms with Crippen LogP contribution in [0.1, 0.15) is 16.8 Å². The maximum absolute atomic E-state index is 14.3. The van der Waals surface area contributed by atoms with Crippen LogP contribution >= 0.6 is 0 Å². The minimum absolute atomic E-state index is 0.0443. The smallest absolute Gasteiger partial charge is 0.255 e. The zero-order chi connectivity index (χ0) is 22.9. The lowest BCUT2D eigenvalue weighted by Gasteiger charge is -2.34. The molecule has 1 aliphatic heterocycles. The largest absolute Gasteiger partial charge is 0.393 e. The summed E-state index contributed by atoms with van der Waals surface area (Å²) in [6.45, 7) is -1.52. The monoisotopic (exact) mass is 464 g/mol. The number of alkyl halides is 1. The molecule has 6 nitrogen and oxygen atoms in total.